The zero-order valence-corrected chi connectivity index (χ0v) is 11.3. The molecule has 1 saturated carbocycles. The Bertz CT molecular complexity index is 615. The summed E-state index contributed by atoms with van der Waals surface area (Å²) in [7, 11) is 0. The molecule has 1 aromatic heterocycles. The van der Waals surface area contributed by atoms with E-state index in [0.717, 1.165) is 19.1 Å². The molecule has 3 rings (SSSR count). The molecule has 1 heterocycles. The van der Waals surface area contributed by atoms with E-state index in [1.54, 1.807) is 18.3 Å². The number of rotatable bonds is 3. The van der Waals surface area contributed by atoms with Gasteiger partial charge >= 0.3 is 0 Å². The van der Waals surface area contributed by atoms with Gasteiger partial charge in [-0.25, -0.2) is 4.39 Å². The maximum atomic E-state index is 13.3. The maximum absolute atomic E-state index is 13.3. The molecule has 0 bridgehead atoms. The van der Waals surface area contributed by atoms with Crippen LogP contribution in [0.25, 0.3) is 11.3 Å². The van der Waals surface area contributed by atoms with Crippen molar-refractivity contribution in [3.63, 3.8) is 0 Å². The van der Waals surface area contributed by atoms with Crippen molar-refractivity contribution >= 4 is 6.29 Å². The smallest absolute Gasteiger partial charge is 0.153 e. The Morgan fingerprint density at radius 2 is 2.05 bits per heavy atom. The third-order valence-electron chi connectivity index (χ3n) is 3.93. The van der Waals surface area contributed by atoms with Crippen LogP contribution in [0.2, 0.25) is 0 Å². The number of halogens is 1. The summed E-state index contributed by atoms with van der Waals surface area (Å²) in [5.74, 6) is -0.313. The molecule has 1 fully saturated rings. The summed E-state index contributed by atoms with van der Waals surface area (Å²) in [6.45, 7) is 0. The lowest BCUT2D eigenvalue weighted by atomic mass is 9.96. The highest BCUT2D eigenvalue weighted by molar-refractivity contribution is 5.85. The summed E-state index contributed by atoms with van der Waals surface area (Å²) >= 11 is 0. The van der Waals surface area contributed by atoms with Crippen molar-refractivity contribution in [1.82, 2.24) is 9.78 Å². The Balaban J connectivity index is 1.98. The van der Waals surface area contributed by atoms with Crippen LogP contribution < -0.4 is 0 Å². The van der Waals surface area contributed by atoms with Crippen molar-refractivity contribution in [2.24, 2.45) is 0 Å². The number of carbonyl (C=O) groups is 1. The quantitative estimate of drug-likeness (QED) is 0.791. The summed E-state index contributed by atoms with van der Waals surface area (Å²) in [5.41, 5.74) is 1.76. The van der Waals surface area contributed by atoms with Gasteiger partial charge in [-0.15, -0.1) is 0 Å². The highest BCUT2D eigenvalue weighted by Crippen LogP contribution is 2.30. The highest BCUT2D eigenvalue weighted by Gasteiger charge is 2.19. The molecule has 4 heteroatoms. The van der Waals surface area contributed by atoms with E-state index >= 15 is 0 Å². The monoisotopic (exact) mass is 272 g/mol. The van der Waals surface area contributed by atoms with Gasteiger partial charge in [-0.3, -0.25) is 9.48 Å². The lowest BCUT2D eigenvalue weighted by Crippen LogP contribution is -2.13. The van der Waals surface area contributed by atoms with Crippen molar-refractivity contribution in [3.8, 4) is 11.3 Å². The first kappa shape index (κ1) is 13.0. The Kier molecular flexibility index (Phi) is 3.63. The van der Waals surface area contributed by atoms with Gasteiger partial charge in [0.05, 0.1) is 11.6 Å². The summed E-state index contributed by atoms with van der Waals surface area (Å²) in [5, 5.41) is 4.53. The fourth-order valence-electron chi connectivity index (χ4n) is 2.88. The number of aldehydes is 1. The topological polar surface area (TPSA) is 34.9 Å². The van der Waals surface area contributed by atoms with Gasteiger partial charge in [-0.2, -0.15) is 5.10 Å². The zero-order chi connectivity index (χ0) is 13.9. The first-order chi connectivity index (χ1) is 9.78. The van der Waals surface area contributed by atoms with Crippen LogP contribution in [0, 0.1) is 5.82 Å². The normalized spacial score (nSPS) is 16.2. The van der Waals surface area contributed by atoms with Gasteiger partial charge < -0.3 is 0 Å². The minimum absolute atomic E-state index is 0.313. The summed E-state index contributed by atoms with van der Waals surface area (Å²) in [6, 6.07) is 6.59. The molecule has 0 atom stereocenters. The van der Waals surface area contributed by atoms with Gasteiger partial charge in [0.1, 0.15) is 11.5 Å². The van der Waals surface area contributed by atoms with Crippen LogP contribution in [0.4, 0.5) is 4.39 Å². The molecule has 0 saturated heterocycles. The number of carbonyl (C=O) groups excluding carboxylic acids is 1. The van der Waals surface area contributed by atoms with Gasteiger partial charge in [0.2, 0.25) is 0 Å². The predicted molar refractivity (Wildman–Crippen MR) is 75.1 cm³/mol. The van der Waals surface area contributed by atoms with Crippen LogP contribution in [0.5, 0.6) is 0 Å². The van der Waals surface area contributed by atoms with E-state index in [9.17, 15) is 9.18 Å². The van der Waals surface area contributed by atoms with E-state index in [1.165, 1.54) is 31.4 Å². The second-order valence-electron chi connectivity index (χ2n) is 5.33. The van der Waals surface area contributed by atoms with E-state index < -0.39 is 0 Å². The van der Waals surface area contributed by atoms with Crippen molar-refractivity contribution < 1.29 is 9.18 Å². The molecule has 1 aromatic carbocycles. The fraction of sp³-hybridized carbons (Fsp3) is 0.375. The van der Waals surface area contributed by atoms with Crippen molar-refractivity contribution in [3.05, 3.63) is 41.8 Å². The predicted octanol–water partition coefficient (Wildman–Crippen LogP) is 4.01. The van der Waals surface area contributed by atoms with E-state index in [0.29, 0.717) is 22.9 Å². The molecule has 0 spiro atoms. The molecule has 1 aliphatic rings. The standard InChI is InChI=1S/C16H17FN2O/c17-14-6-4-5-12(9-14)16-13(11-20)10-19(18-16)15-7-2-1-3-8-15/h4-6,9-11,15H,1-3,7-8H2. The summed E-state index contributed by atoms with van der Waals surface area (Å²) < 4.78 is 15.2. The van der Waals surface area contributed by atoms with E-state index in [-0.39, 0.29) is 5.82 Å². The lowest BCUT2D eigenvalue weighted by molar-refractivity contribution is 0.112. The minimum atomic E-state index is -0.313. The minimum Gasteiger partial charge on any atom is -0.298 e. The number of aromatic nitrogens is 2. The molecular weight excluding hydrogens is 255 g/mol. The van der Waals surface area contributed by atoms with Crippen molar-refractivity contribution in [2.45, 2.75) is 38.1 Å². The molecule has 1 aliphatic carbocycles. The Morgan fingerprint density at radius 3 is 2.75 bits per heavy atom. The average molecular weight is 272 g/mol. The van der Waals surface area contributed by atoms with Crippen LogP contribution in [-0.2, 0) is 0 Å². The first-order valence-corrected chi connectivity index (χ1v) is 7.08. The maximum Gasteiger partial charge on any atom is 0.153 e. The van der Waals surface area contributed by atoms with Gasteiger partial charge in [0.15, 0.2) is 6.29 Å². The van der Waals surface area contributed by atoms with Crippen LogP contribution in [0.1, 0.15) is 48.5 Å². The van der Waals surface area contributed by atoms with Crippen LogP contribution in [0.3, 0.4) is 0 Å². The Hall–Kier alpha value is -1.97. The van der Waals surface area contributed by atoms with Gasteiger partial charge in [0.25, 0.3) is 0 Å². The number of hydrogen-bond donors (Lipinski definition) is 0. The molecule has 2 aromatic rings. The summed E-state index contributed by atoms with van der Waals surface area (Å²) in [4.78, 5) is 11.2. The Labute approximate surface area is 117 Å². The number of hydrogen-bond acceptors (Lipinski definition) is 2. The lowest BCUT2D eigenvalue weighted by Gasteiger charge is -2.21. The molecule has 0 radical (unpaired) electrons. The van der Waals surface area contributed by atoms with Gasteiger partial charge in [-0.05, 0) is 25.0 Å². The molecule has 0 amide bonds. The molecule has 20 heavy (non-hydrogen) atoms. The number of benzene rings is 1. The third kappa shape index (κ3) is 2.50. The summed E-state index contributed by atoms with van der Waals surface area (Å²) in [6.07, 6.45) is 8.47. The van der Waals surface area contributed by atoms with Crippen LogP contribution >= 0.6 is 0 Å². The van der Waals surface area contributed by atoms with Crippen LogP contribution in [0.15, 0.2) is 30.5 Å². The number of nitrogens with zero attached hydrogens (tertiary/aromatic N) is 2. The largest absolute Gasteiger partial charge is 0.298 e. The molecular formula is C16H17FN2O. The van der Waals surface area contributed by atoms with Crippen molar-refractivity contribution in [2.75, 3.05) is 0 Å². The molecule has 0 unspecified atom stereocenters. The second-order valence-corrected chi connectivity index (χ2v) is 5.33. The SMILES string of the molecule is O=Cc1cn(C2CCCCC2)nc1-c1cccc(F)c1. The molecule has 0 aliphatic heterocycles. The third-order valence-corrected chi connectivity index (χ3v) is 3.93. The molecule has 3 nitrogen and oxygen atoms in total. The zero-order valence-electron chi connectivity index (χ0n) is 11.3. The van der Waals surface area contributed by atoms with Gasteiger partial charge in [-0.1, -0.05) is 31.4 Å². The first-order valence-electron chi connectivity index (χ1n) is 7.08. The van der Waals surface area contributed by atoms with E-state index in [4.69, 9.17) is 0 Å². The van der Waals surface area contributed by atoms with Gasteiger partial charge in [0, 0.05) is 11.8 Å². The second kappa shape index (κ2) is 5.57. The average Bonchev–Trinajstić information content (AvgIpc) is 2.92. The Morgan fingerprint density at radius 1 is 1.25 bits per heavy atom. The van der Waals surface area contributed by atoms with Crippen LogP contribution in [-0.4, -0.2) is 16.1 Å². The van der Waals surface area contributed by atoms with E-state index in [1.807, 2.05) is 4.68 Å². The van der Waals surface area contributed by atoms with E-state index in [2.05, 4.69) is 5.10 Å². The fourth-order valence-corrected chi connectivity index (χ4v) is 2.88. The van der Waals surface area contributed by atoms with Crippen molar-refractivity contribution in [1.29, 1.82) is 0 Å². The molecule has 0 N–H and O–H groups in total. The highest BCUT2D eigenvalue weighted by atomic mass is 19.1. The molecule has 104 valence electrons.